The number of nitrogens with two attached hydrogens (primary N) is 1. The molecule has 1 aromatic carbocycles. The van der Waals surface area contributed by atoms with Gasteiger partial charge in [-0.2, -0.15) is 0 Å². The minimum Gasteiger partial charge on any atom is -0.378 e. The Hall–Kier alpha value is -0.860. The molecule has 2 atom stereocenters. The lowest BCUT2D eigenvalue weighted by atomic mass is 10.1. The van der Waals surface area contributed by atoms with E-state index >= 15 is 0 Å². The van der Waals surface area contributed by atoms with Crippen molar-refractivity contribution in [2.75, 3.05) is 13.2 Å². The van der Waals surface area contributed by atoms with E-state index in [0.29, 0.717) is 12.0 Å². The van der Waals surface area contributed by atoms with E-state index in [0.717, 1.165) is 26.0 Å². The molecule has 0 heterocycles. The molecule has 0 radical (unpaired) electrons. The van der Waals surface area contributed by atoms with Gasteiger partial charge in [0.15, 0.2) is 0 Å². The molecule has 0 saturated heterocycles. The maximum absolute atomic E-state index is 5.96. The first-order valence-electron chi connectivity index (χ1n) is 7.25. The van der Waals surface area contributed by atoms with Gasteiger partial charge in [-0.3, -0.25) is 0 Å². The highest BCUT2D eigenvalue weighted by Crippen LogP contribution is 2.27. The first kappa shape index (κ1) is 13.6. The maximum Gasteiger partial charge on any atom is 0.0615 e. The summed E-state index contributed by atoms with van der Waals surface area (Å²) in [5.74, 6) is 0.610. The lowest BCUT2D eigenvalue weighted by molar-refractivity contribution is 0.0281. The molecule has 1 aromatic rings. The van der Waals surface area contributed by atoms with E-state index in [2.05, 4.69) is 30.3 Å². The normalized spacial score (nSPS) is 23.4. The predicted molar refractivity (Wildman–Crippen MR) is 75.5 cm³/mol. The number of ether oxygens (including phenoxy) is 1. The number of rotatable bonds is 7. The number of hydrogen-bond donors (Lipinski definition) is 1. The summed E-state index contributed by atoms with van der Waals surface area (Å²) < 4.78 is 5.96. The Balaban J connectivity index is 1.56. The summed E-state index contributed by atoms with van der Waals surface area (Å²) >= 11 is 0. The van der Waals surface area contributed by atoms with E-state index in [-0.39, 0.29) is 0 Å². The molecule has 2 heteroatoms. The van der Waals surface area contributed by atoms with Crippen LogP contribution in [-0.4, -0.2) is 19.3 Å². The lowest BCUT2D eigenvalue weighted by Crippen LogP contribution is -2.25. The Labute approximate surface area is 111 Å². The standard InChI is InChI=1S/C16H25NO/c17-13-15-10-6-11-16(15)18-12-5-4-9-14-7-2-1-3-8-14/h1-3,7-8,15-16H,4-6,9-13,17H2. The number of aryl methyl sites for hydroxylation is 1. The largest absolute Gasteiger partial charge is 0.378 e. The van der Waals surface area contributed by atoms with Gasteiger partial charge in [-0.05, 0) is 50.1 Å². The number of unbranched alkanes of at least 4 members (excludes halogenated alkanes) is 1. The third kappa shape index (κ3) is 4.11. The number of hydrogen-bond acceptors (Lipinski definition) is 2. The molecule has 2 unspecified atom stereocenters. The number of benzene rings is 1. The van der Waals surface area contributed by atoms with Gasteiger partial charge >= 0.3 is 0 Å². The molecule has 0 spiro atoms. The summed E-state index contributed by atoms with van der Waals surface area (Å²) in [6.07, 6.45) is 7.72. The van der Waals surface area contributed by atoms with E-state index in [1.54, 1.807) is 0 Å². The van der Waals surface area contributed by atoms with Crippen molar-refractivity contribution in [2.45, 2.75) is 44.6 Å². The van der Waals surface area contributed by atoms with Gasteiger partial charge in [-0.15, -0.1) is 0 Å². The summed E-state index contributed by atoms with van der Waals surface area (Å²) in [7, 11) is 0. The fraction of sp³-hybridized carbons (Fsp3) is 0.625. The van der Waals surface area contributed by atoms with E-state index in [1.165, 1.54) is 31.2 Å². The van der Waals surface area contributed by atoms with Crippen LogP contribution < -0.4 is 5.73 Å². The molecule has 18 heavy (non-hydrogen) atoms. The SMILES string of the molecule is NCC1CCCC1OCCCCc1ccccc1. The van der Waals surface area contributed by atoms with Gasteiger partial charge in [-0.25, -0.2) is 0 Å². The molecule has 0 aromatic heterocycles. The Kier molecular flexibility index (Phi) is 5.69. The quantitative estimate of drug-likeness (QED) is 0.751. The Bertz CT molecular complexity index is 325. The fourth-order valence-electron chi connectivity index (χ4n) is 2.80. The summed E-state index contributed by atoms with van der Waals surface area (Å²) in [5, 5.41) is 0. The highest BCUT2D eigenvalue weighted by Gasteiger charge is 2.26. The monoisotopic (exact) mass is 247 g/mol. The van der Waals surface area contributed by atoms with Crippen molar-refractivity contribution < 1.29 is 4.74 Å². The molecule has 100 valence electrons. The first-order valence-corrected chi connectivity index (χ1v) is 7.25. The summed E-state index contributed by atoms with van der Waals surface area (Å²) in [4.78, 5) is 0. The van der Waals surface area contributed by atoms with Gasteiger partial charge in [0, 0.05) is 6.61 Å². The van der Waals surface area contributed by atoms with E-state index in [1.807, 2.05) is 0 Å². The first-order chi connectivity index (χ1) is 8.90. The van der Waals surface area contributed by atoms with Crippen LogP contribution in [0.4, 0.5) is 0 Å². The Morgan fingerprint density at radius 2 is 1.94 bits per heavy atom. The van der Waals surface area contributed by atoms with Crippen LogP contribution in [0.1, 0.15) is 37.7 Å². The van der Waals surface area contributed by atoms with Crippen molar-refractivity contribution in [3.8, 4) is 0 Å². The molecule has 0 aliphatic heterocycles. The second kappa shape index (κ2) is 7.55. The van der Waals surface area contributed by atoms with Crippen LogP contribution in [0.25, 0.3) is 0 Å². The third-order valence-electron chi connectivity index (χ3n) is 3.93. The average Bonchev–Trinajstić information content (AvgIpc) is 2.87. The highest BCUT2D eigenvalue weighted by atomic mass is 16.5. The van der Waals surface area contributed by atoms with Crippen LogP contribution in [-0.2, 0) is 11.2 Å². The highest BCUT2D eigenvalue weighted by molar-refractivity contribution is 5.14. The Morgan fingerprint density at radius 3 is 2.72 bits per heavy atom. The van der Waals surface area contributed by atoms with E-state index in [9.17, 15) is 0 Å². The molecule has 0 bridgehead atoms. The van der Waals surface area contributed by atoms with Crippen LogP contribution in [0, 0.1) is 5.92 Å². The van der Waals surface area contributed by atoms with Gasteiger partial charge in [0.2, 0.25) is 0 Å². The second-order valence-electron chi connectivity index (χ2n) is 5.28. The molecule has 1 aliphatic carbocycles. The minimum atomic E-state index is 0.437. The van der Waals surface area contributed by atoms with Gasteiger partial charge in [-0.1, -0.05) is 36.8 Å². The van der Waals surface area contributed by atoms with Gasteiger partial charge in [0.05, 0.1) is 6.10 Å². The minimum absolute atomic E-state index is 0.437. The van der Waals surface area contributed by atoms with Crippen molar-refractivity contribution in [3.63, 3.8) is 0 Å². The summed E-state index contributed by atoms with van der Waals surface area (Å²) in [6, 6.07) is 10.7. The van der Waals surface area contributed by atoms with Crippen molar-refractivity contribution >= 4 is 0 Å². The van der Waals surface area contributed by atoms with Crippen LogP contribution >= 0.6 is 0 Å². The van der Waals surface area contributed by atoms with Crippen LogP contribution in [0.3, 0.4) is 0 Å². The molecular weight excluding hydrogens is 222 g/mol. The average molecular weight is 247 g/mol. The van der Waals surface area contributed by atoms with Crippen LogP contribution in [0.15, 0.2) is 30.3 Å². The lowest BCUT2D eigenvalue weighted by Gasteiger charge is -2.18. The van der Waals surface area contributed by atoms with E-state index in [4.69, 9.17) is 10.5 Å². The van der Waals surface area contributed by atoms with E-state index < -0.39 is 0 Å². The van der Waals surface area contributed by atoms with Gasteiger partial charge in [0.25, 0.3) is 0 Å². The fourth-order valence-corrected chi connectivity index (χ4v) is 2.80. The van der Waals surface area contributed by atoms with Crippen molar-refractivity contribution in [2.24, 2.45) is 11.7 Å². The summed E-state index contributed by atoms with van der Waals surface area (Å²) in [5.41, 5.74) is 7.18. The zero-order valence-corrected chi connectivity index (χ0v) is 11.2. The molecule has 1 fully saturated rings. The zero-order valence-electron chi connectivity index (χ0n) is 11.2. The molecular formula is C16H25NO. The second-order valence-corrected chi connectivity index (χ2v) is 5.28. The third-order valence-corrected chi connectivity index (χ3v) is 3.93. The molecule has 2 nitrogen and oxygen atoms in total. The van der Waals surface area contributed by atoms with Crippen molar-refractivity contribution in [1.82, 2.24) is 0 Å². The van der Waals surface area contributed by atoms with Gasteiger partial charge < -0.3 is 10.5 Å². The van der Waals surface area contributed by atoms with Crippen molar-refractivity contribution in [3.05, 3.63) is 35.9 Å². The maximum atomic E-state index is 5.96. The molecule has 2 N–H and O–H groups in total. The predicted octanol–water partition coefficient (Wildman–Crippen LogP) is 3.15. The van der Waals surface area contributed by atoms with Gasteiger partial charge in [0.1, 0.15) is 0 Å². The summed E-state index contributed by atoms with van der Waals surface area (Å²) in [6.45, 7) is 1.68. The molecule has 0 amide bonds. The van der Waals surface area contributed by atoms with Crippen molar-refractivity contribution in [1.29, 1.82) is 0 Å². The smallest absolute Gasteiger partial charge is 0.0615 e. The molecule has 2 rings (SSSR count). The zero-order chi connectivity index (χ0) is 12.6. The Morgan fingerprint density at radius 1 is 1.11 bits per heavy atom. The van der Waals surface area contributed by atoms with Crippen LogP contribution in [0.5, 0.6) is 0 Å². The molecule has 1 saturated carbocycles. The topological polar surface area (TPSA) is 35.2 Å². The van der Waals surface area contributed by atoms with Crippen LogP contribution in [0.2, 0.25) is 0 Å². The molecule has 1 aliphatic rings.